The van der Waals surface area contributed by atoms with Crippen LogP contribution in [0.25, 0.3) is 0 Å². The van der Waals surface area contributed by atoms with Crippen molar-refractivity contribution in [3.63, 3.8) is 0 Å². The lowest BCUT2D eigenvalue weighted by molar-refractivity contribution is 0.808. The molecule has 0 aliphatic carbocycles. The molecule has 0 fully saturated rings. The monoisotopic (exact) mass is 246 g/mol. The van der Waals surface area contributed by atoms with Crippen LogP contribution >= 0.6 is 11.6 Å². The van der Waals surface area contributed by atoms with Gasteiger partial charge in [-0.2, -0.15) is 0 Å². The molecule has 2 rings (SSSR count). The Morgan fingerprint density at radius 1 is 1.12 bits per heavy atom. The van der Waals surface area contributed by atoms with Crippen LogP contribution in [0.4, 0.5) is 0 Å². The van der Waals surface area contributed by atoms with Crippen LogP contribution in [0.5, 0.6) is 0 Å². The first kappa shape index (κ1) is 12.1. The summed E-state index contributed by atoms with van der Waals surface area (Å²) in [6.07, 6.45) is 4.56. The molecular formula is C14H15ClN2. The van der Waals surface area contributed by atoms with Gasteiger partial charge in [0.2, 0.25) is 0 Å². The Morgan fingerprint density at radius 2 is 1.88 bits per heavy atom. The molecule has 1 aromatic heterocycles. The zero-order valence-electron chi connectivity index (χ0n) is 9.78. The number of aromatic nitrogens is 1. The standard InChI is InChI=1S/C14H15ClN2/c1-16-10-13-9-14(15)3-2-12(13)8-11-4-6-17-7-5-11/h2-7,9,16H,8,10H2,1H3. The van der Waals surface area contributed by atoms with Crippen LogP contribution in [0.3, 0.4) is 0 Å². The minimum absolute atomic E-state index is 0.786. The van der Waals surface area contributed by atoms with E-state index in [0.29, 0.717) is 0 Å². The van der Waals surface area contributed by atoms with Crippen LogP contribution in [-0.2, 0) is 13.0 Å². The topological polar surface area (TPSA) is 24.9 Å². The zero-order chi connectivity index (χ0) is 12.1. The summed E-state index contributed by atoms with van der Waals surface area (Å²) in [6.45, 7) is 0.834. The Kier molecular flexibility index (Phi) is 4.13. The fourth-order valence-electron chi connectivity index (χ4n) is 1.84. The van der Waals surface area contributed by atoms with Gasteiger partial charge < -0.3 is 5.32 Å². The van der Waals surface area contributed by atoms with Crippen molar-refractivity contribution >= 4 is 11.6 Å². The molecule has 0 saturated carbocycles. The number of pyridine rings is 1. The van der Waals surface area contributed by atoms with Crippen molar-refractivity contribution in [2.75, 3.05) is 7.05 Å². The minimum Gasteiger partial charge on any atom is -0.316 e. The Morgan fingerprint density at radius 3 is 2.59 bits per heavy atom. The molecule has 17 heavy (non-hydrogen) atoms. The van der Waals surface area contributed by atoms with Crippen LogP contribution in [0.15, 0.2) is 42.7 Å². The van der Waals surface area contributed by atoms with Crippen LogP contribution < -0.4 is 5.32 Å². The highest BCUT2D eigenvalue weighted by Crippen LogP contribution is 2.19. The maximum atomic E-state index is 6.02. The summed E-state index contributed by atoms with van der Waals surface area (Å²) in [5, 5.41) is 3.95. The maximum Gasteiger partial charge on any atom is 0.0409 e. The van der Waals surface area contributed by atoms with Gasteiger partial charge in [0, 0.05) is 24.0 Å². The van der Waals surface area contributed by atoms with Crippen molar-refractivity contribution in [3.8, 4) is 0 Å². The van der Waals surface area contributed by atoms with Gasteiger partial charge in [-0.15, -0.1) is 0 Å². The van der Waals surface area contributed by atoms with Gasteiger partial charge in [0.1, 0.15) is 0 Å². The lowest BCUT2D eigenvalue weighted by Gasteiger charge is -2.09. The van der Waals surface area contributed by atoms with Gasteiger partial charge in [-0.1, -0.05) is 17.7 Å². The number of nitrogens with zero attached hydrogens (tertiary/aromatic N) is 1. The van der Waals surface area contributed by atoms with E-state index in [1.165, 1.54) is 16.7 Å². The third kappa shape index (κ3) is 3.29. The number of halogens is 1. The molecule has 1 heterocycles. The molecule has 2 aromatic rings. The highest BCUT2D eigenvalue weighted by atomic mass is 35.5. The fraction of sp³-hybridized carbons (Fsp3) is 0.214. The molecule has 0 atom stereocenters. The highest BCUT2D eigenvalue weighted by Gasteiger charge is 2.04. The van der Waals surface area contributed by atoms with Crippen molar-refractivity contribution in [1.29, 1.82) is 0 Å². The van der Waals surface area contributed by atoms with Gasteiger partial charge in [-0.3, -0.25) is 4.98 Å². The molecule has 1 aromatic carbocycles. The van der Waals surface area contributed by atoms with Gasteiger partial charge in [0.05, 0.1) is 0 Å². The summed E-state index contributed by atoms with van der Waals surface area (Å²) in [7, 11) is 1.94. The Hall–Kier alpha value is -1.38. The predicted octanol–water partition coefficient (Wildman–Crippen LogP) is 3.05. The van der Waals surface area contributed by atoms with E-state index < -0.39 is 0 Å². The molecule has 3 heteroatoms. The summed E-state index contributed by atoms with van der Waals surface area (Å²) in [6, 6.07) is 10.1. The summed E-state index contributed by atoms with van der Waals surface area (Å²) in [5.74, 6) is 0. The third-order valence-electron chi connectivity index (χ3n) is 2.68. The number of hydrogen-bond donors (Lipinski definition) is 1. The molecule has 1 N–H and O–H groups in total. The van der Waals surface area contributed by atoms with E-state index in [-0.39, 0.29) is 0 Å². The van der Waals surface area contributed by atoms with Gasteiger partial charge in [0.25, 0.3) is 0 Å². The molecule has 0 saturated heterocycles. The van der Waals surface area contributed by atoms with E-state index in [1.807, 2.05) is 43.7 Å². The summed E-state index contributed by atoms with van der Waals surface area (Å²) in [5.41, 5.74) is 3.81. The Balaban J connectivity index is 2.26. The first-order valence-electron chi connectivity index (χ1n) is 5.60. The van der Waals surface area contributed by atoms with E-state index in [1.54, 1.807) is 0 Å². The second-order valence-electron chi connectivity index (χ2n) is 3.98. The number of benzene rings is 1. The van der Waals surface area contributed by atoms with Gasteiger partial charge in [0.15, 0.2) is 0 Å². The molecule has 2 nitrogen and oxygen atoms in total. The van der Waals surface area contributed by atoms with Crippen molar-refractivity contribution in [3.05, 3.63) is 64.4 Å². The lowest BCUT2D eigenvalue weighted by Crippen LogP contribution is -2.08. The van der Waals surface area contributed by atoms with Crippen LogP contribution in [-0.4, -0.2) is 12.0 Å². The molecule has 88 valence electrons. The van der Waals surface area contributed by atoms with Crippen molar-refractivity contribution in [2.45, 2.75) is 13.0 Å². The van der Waals surface area contributed by atoms with E-state index >= 15 is 0 Å². The van der Waals surface area contributed by atoms with Gasteiger partial charge in [-0.25, -0.2) is 0 Å². The van der Waals surface area contributed by atoms with E-state index in [9.17, 15) is 0 Å². The van der Waals surface area contributed by atoms with Crippen LogP contribution in [0.1, 0.15) is 16.7 Å². The highest BCUT2D eigenvalue weighted by molar-refractivity contribution is 6.30. The molecule has 0 bridgehead atoms. The zero-order valence-corrected chi connectivity index (χ0v) is 10.5. The summed E-state index contributed by atoms with van der Waals surface area (Å²) < 4.78 is 0. The average Bonchev–Trinajstić information content (AvgIpc) is 2.34. The second-order valence-corrected chi connectivity index (χ2v) is 4.41. The quantitative estimate of drug-likeness (QED) is 0.897. The fourth-order valence-corrected chi connectivity index (χ4v) is 2.04. The number of rotatable bonds is 4. The average molecular weight is 247 g/mol. The summed E-state index contributed by atoms with van der Waals surface area (Å²) >= 11 is 6.02. The van der Waals surface area contributed by atoms with Gasteiger partial charge in [-0.05, 0) is 54.4 Å². The van der Waals surface area contributed by atoms with Gasteiger partial charge >= 0.3 is 0 Å². The van der Waals surface area contributed by atoms with Crippen LogP contribution in [0.2, 0.25) is 5.02 Å². The van der Waals surface area contributed by atoms with Crippen molar-refractivity contribution in [1.82, 2.24) is 10.3 Å². The Labute approximate surface area is 107 Å². The largest absolute Gasteiger partial charge is 0.316 e. The van der Waals surface area contributed by atoms with Crippen molar-refractivity contribution < 1.29 is 0 Å². The molecule has 0 spiro atoms. The predicted molar refractivity (Wildman–Crippen MR) is 71.3 cm³/mol. The Bertz CT molecular complexity index is 483. The normalized spacial score (nSPS) is 10.5. The SMILES string of the molecule is CNCc1cc(Cl)ccc1Cc1ccncc1. The number of hydrogen-bond acceptors (Lipinski definition) is 2. The van der Waals surface area contributed by atoms with E-state index in [2.05, 4.69) is 16.4 Å². The molecular weight excluding hydrogens is 232 g/mol. The molecule has 0 aliphatic heterocycles. The van der Waals surface area contributed by atoms with Crippen molar-refractivity contribution in [2.24, 2.45) is 0 Å². The van der Waals surface area contributed by atoms with E-state index in [4.69, 9.17) is 11.6 Å². The third-order valence-corrected chi connectivity index (χ3v) is 2.91. The first-order chi connectivity index (χ1) is 8.29. The summed E-state index contributed by atoms with van der Waals surface area (Å²) in [4.78, 5) is 4.03. The second kappa shape index (κ2) is 5.80. The first-order valence-corrected chi connectivity index (χ1v) is 5.98. The van der Waals surface area contributed by atoms with E-state index in [0.717, 1.165) is 18.0 Å². The maximum absolute atomic E-state index is 6.02. The molecule has 0 unspecified atom stereocenters. The molecule has 0 amide bonds. The smallest absolute Gasteiger partial charge is 0.0409 e. The minimum atomic E-state index is 0.786. The number of nitrogens with one attached hydrogen (secondary N) is 1. The lowest BCUT2D eigenvalue weighted by atomic mass is 10.0. The van der Waals surface area contributed by atoms with Crippen LogP contribution in [0, 0.1) is 0 Å². The molecule has 0 aliphatic rings. The molecule has 0 radical (unpaired) electrons.